The Morgan fingerprint density at radius 3 is 2.37 bits per heavy atom. The van der Waals surface area contributed by atoms with Crippen LogP contribution in [0.2, 0.25) is 0 Å². The molecule has 30 heavy (non-hydrogen) atoms. The number of hydrogen-bond donors (Lipinski definition) is 2. The summed E-state index contributed by atoms with van der Waals surface area (Å²) in [5, 5.41) is 9.57. The van der Waals surface area contributed by atoms with Crippen LogP contribution in [0.1, 0.15) is 39.6 Å². The zero-order chi connectivity index (χ0) is 21.5. The molecule has 2 heterocycles. The second kappa shape index (κ2) is 10.1. The van der Waals surface area contributed by atoms with Crippen molar-refractivity contribution in [2.75, 3.05) is 23.7 Å². The maximum absolute atomic E-state index is 12.3. The normalized spacial score (nSPS) is 10.5. The lowest BCUT2D eigenvalue weighted by molar-refractivity contribution is -0.115. The number of hydrogen-bond acceptors (Lipinski definition) is 6. The van der Waals surface area contributed by atoms with Crippen molar-refractivity contribution in [3.63, 3.8) is 0 Å². The molecule has 0 fully saturated rings. The van der Waals surface area contributed by atoms with Gasteiger partial charge < -0.3 is 10.2 Å². The summed E-state index contributed by atoms with van der Waals surface area (Å²) in [6, 6.07) is 10.4. The molecule has 2 N–H and O–H groups in total. The minimum atomic E-state index is -0.223. The van der Waals surface area contributed by atoms with Crippen molar-refractivity contribution in [1.82, 2.24) is 9.88 Å². The minimum Gasteiger partial charge on any atom is -0.339 e. The van der Waals surface area contributed by atoms with Gasteiger partial charge >= 0.3 is 0 Å². The van der Waals surface area contributed by atoms with E-state index in [1.54, 1.807) is 40.6 Å². The number of anilines is 2. The maximum atomic E-state index is 12.3. The van der Waals surface area contributed by atoms with Crippen LogP contribution in [-0.4, -0.2) is 40.7 Å². The Morgan fingerprint density at radius 1 is 1.00 bits per heavy atom. The highest BCUT2D eigenvalue weighted by molar-refractivity contribution is 7.14. The Kier molecular flexibility index (Phi) is 7.31. The molecule has 3 amide bonds. The summed E-state index contributed by atoms with van der Waals surface area (Å²) in [6.07, 6.45) is 0.0888. The SMILES string of the molecule is CCN(CC)C(=O)c1ccc(NC(=O)Cc2csc(NC(=O)c3cccs3)n2)cc1. The number of carbonyl (C=O) groups excluding carboxylic acids is 3. The van der Waals surface area contributed by atoms with Crippen LogP contribution in [0.3, 0.4) is 0 Å². The van der Waals surface area contributed by atoms with Crippen LogP contribution < -0.4 is 10.6 Å². The topological polar surface area (TPSA) is 91.4 Å². The average molecular weight is 443 g/mol. The summed E-state index contributed by atoms with van der Waals surface area (Å²) < 4.78 is 0. The van der Waals surface area contributed by atoms with Gasteiger partial charge in [0.25, 0.3) is 11.8 Å². The summed E-state index contributed by atoms with van der Waals surface area (Å²) in [4.78, 5) is 43.4. The van der Waals surface area contributed by atoms with Gasteiger partial charge in [0.2, 0.25) is 5.91 Å². The largest absolute Gasteiger partial charge is 0.339 e. The number of nitrogens with one attached hydrogen (secondary N) is 2. The third-order valence-corrected chi connectivity index (χ3v) is 6.00. The predicted octanol–water partition coefficient (Wildman–Crippen LogP) is 4.12. The number of carbonyl (C=O) groups is 3. The van der Waals surface area contributed by atoms with Crippen LogP contribution in [-0.2, 0) is 11.2 Å². The lowest BCUT2D eigenvalue weighted by Crippen LogP contribution is -2.30. The van der Waals surface area contributed by atoms with E-state index in [2.05, 4.69) is 15.6 Å². The molecule has 0 saturated heterocycles. The highest BCUT2D eigenvalue weighted by Crippen LogP contribution is 2.19. The molecule has 9 heteroatoms. The van der Waals surface area contributed by atoms with Gasteiger partial charge in [0.1, 0.15) is 0 Å². The second-order valence-electron chi connectivity index (χ2n) is 6.36. The van der Waals surface area contributed by atoms with Crippen molar-refractivity contribution in [2.24, 2.45) is 0 Å². The Bertz CT molecular complexity index is 1010. The lowest BCUT2D eigenvalue weighted by Gasteiger charge is -2.18. The summed E-state index contributed by atoms with van der Waals surface area (Å²) in [7, 11) is 0. The van der Waals surface area contributed by atoms with Crippen molar-refractivity contribution in [2.45, 2.75) is 20.3 Å². The molecule has 0 saturated carbocycles. The Labute approximate surface area is 182 Å². The van der Waals surface area contributed by atoms with Crippen LogP contribution in [0.4, 0.5) is 10.8 Å². The average Bonchev–Trinajstić information content (AvgIpc) is 3.42. The Hall–Kier alpha value is -3.04. The molecule has 1 aromatic carbocycles. The van der Waals surface area contributed by atoms with E-state index >= 15 is 0 Å². The van der Waals surface area contributed by atoms with Crippen LogP contribution in [0.5, 0.6) is 0 Å². The molecule has 0 spiro atoms. The van der Waals surface area contributed by atoms with E-state index in [1.807, 2.05) is 25.3 Å². The van der Waals surface area contributed by atoms with Gasteiger partial charge in [-0.3, -0.25) is 19.7 Å². The predicted molar refractivity (Wildman–Crippen MR) is 120 cm³/mol. The van der Waals surface area contributed by atoms with Gasteiger partial charge in [-0.1, -0.05) is 6.07 Å². The molecule has 0 aliphatic rings. The molecule has 3 rings (SSSR count). The highest BCUT2D eigenvalue weighted by Gasteiger charge is 2.14. The van der Waals surface area contributed by atoms with E-state index in [-0.39, 0.29) is 24.1 Å². The van der Waals surface area contributed by atoms with E-state index in [9.17, 15) is 14.4 Å². The molecule has 0 radical (unpaired) electrons. The molecule has 0 bridgehead atoms. The van der Waals surface area contributed by atoms with Crippen molar-refractivity contribution in [1.29, 1.82) is 0 Å². The summed E-state index contributed by atoms with van der Waals surface area (Å²) in [6.45, 7) is 5.18. The number of aromatic nitrogens is 1. The number of thiazole rings is 1. The van der Waals surface area contributed by atoms with Crippen molar-refractivity contribution >= 4 is 51.2 Å². The number of nitrogens with zero attached hydrogens (tertiary/aromatic N) is 2. The van der Waals surface area contributed by atoms with E-state index < -0.39 is 0 Å². The van der Waals surface area contributed by atoms with Crippen molar-refractivity contribution in [3.05, 3.63) is 63.3 Å². The first kappa shape index (κ1) is 21.7. The zero-order valence-electron chi connectivity index (χ0n) is 16.7. The smallest absolute Gasteiger partial charge is 0.267 e. The van der Waals surface area contributed by atoms with Crippen LogP contribution >= 0.6 is 22.7 Å². The standard InChI is InChI=1S/C21H22N4O3S2/c1-3-25(4-2)20(28)14-7-9-15(10-8-14)22-18(26)12-16-13-30-21(23-16)24-19(27)17-6-5-11-29-17/h5-11,13H,3-4,12H2,1-2H3,(H,22,26)(H,23,24,27). The van der Waals surface area contributed by atoms with Crippen LogP contribution in [0.25, 0.3) is 0 Å². The second-order valence-corrected chi connectivity index (χ2v) is 8.16. The third-order valence-electron chi connectivity index (χ3n) is 4.33. The molecular formula is C21H22N4O3S2. The molecule has 7 nitrogen and oxygen atoms in total. The van der Waals surface area contributed by atoms with Crippen molar-refractivity contribution in [3.8, 4) is 0 Å². The molecular weight excluding hydrogens is 420 g/mol. The number of rotatable bonds is 8. The monoisotopic (exact) mass is 442 g/mol. The number of amides is 3. The van der Waals surface area contributed by atoms with Gasteiger partial charge in [0.15, 0.2) is 5.13 Å². The molecule has 3 aromatic rings. The minimum absolute atomic E-state index is 0.0301. The van der Waals surface area contributed by atoms with Crippen LogP contribution in [0, 0.1) is 0 Å². The molecule has 0 aliphatic carbocycles. The molecule has 0 aliphatic heterocycles. The maximum Gasteiger partial charge on any atom is 0.267 e. The van der Waals surface area contributed by atoms with E-state index in [0.717, 1.165) is 0 Å². The fraction of sp³-hybridized carbons (Fsp3) is 0.238. The van der Waals surface area contributed by atoms with Gasteiger partial charge in [-0.05, 0) is 49.6 Å². The van der Waals surface area contributed by atoms with E-state index in [1.165, 1.54) is 22.7 Å². The first-order chi connectivity index (χ1) is 14.5. The first-order valence-electron chi connectivity index (χ1n) is 9.48. The van der Waals surface area contributed by atoms with Gasteiger partial charge in [-0.25, -0.2) is 4.98 Å². The summed E-state index contributed by atoms with van der Waals surface area (Å²) in [5.41, 5.74) is 1.77. The molecule has 156 valence electrons. The quantitative estimate of drug-likeness (QED) is 0.549. The van der Waals surface area contributed by atoms with Crippen LogP contribution in [0.15, 0.2) is 47.2 Å². The number of thiophene rings is 1. The molecule has 2 aromatic heterocycles. The number of benzene rings is 1. The summed E-state index contributed by atoms with van der Waals surface area (Å²) in [5.74, 6) is -0.466. The van der Waals surface area contributed by atoms with Gasteiger partial charge in [0.05, 0.1) is 17.0 Å². The Balaban J connectivity index is 1.54. The van der Waals surface area contributed by atoms with Gasteiger partial charge in [0, 0.05) is 29.7 Å². The van der Waals surface area contributed by atoms with Gasteiger partial charge in [-0.15, -0.1) is 22.7 Å². The molecule has 0 unspecified atom stereocenters. The lowest BCUT2D eigenvalue weighted by atomic mass is 10.1. The third kappa shape index (κ3) is 5.52. The van der Waals surface area contributed by atoms with Crippen molar-refractivity contribution < 1.29 is 14.4 Å². The van der Waals surface area contributed by atoms with E-state index in [4.69, 9.17) is 0 Å². The summed E-state index contributed by atoms with van der Waals surface area (Å²) >= 11 is 2.63. The molecule has 0 atom stereocenters. The van der Waals surface area contributed by atoms with Gasteiger partial charge in [-0.2, -0.15) is 0 Å². The fourth-order valence-electron chi connectivity index (χ4n) is 2.77. The van der Waals surface area contributed by atoms with E-state index in [0.29, 0.717) is 40.0 Å². The fourth-order valence-corrected chi connectivity index (χ4v) is 4.10. The first-order valence-corrected chi connectivity index (χ1v) is 11.2. The zero-order valence-corrected chi connectivity index (χ0v) is 18.3. The highest BCUT2D eigenvalue weighted by atomic mass is 32.1. The Morgan fingerprint density at radius 2 is 1.73 bits per heavy atom.